The molecule has 0 bridgehead atoms. The van der Waals surface area contributed by atoms with Gasteiger partial charge in [0.05, 0.1) is 0 Å². The third kappa shape index (κ3) is 4.03. The summed E-state index contributed by atoms with van der Waals surface area (Å²) in [6.45, 7) is 2.91. The third-order valence-corrected chi connectivity index (χ3v) is 3.34. The SMILES string of the molecule is C[C@@H](CN)CSc1ccc(Cl)cc1. The molecule has 0 aliphatic carbocycles. The Morgan fingerprint density at radius 3 is 2.54 bits per heavy atom. The van der Waals surface area contributed by atoms with Crippen LogP contribution in [0.3, 0.4) is 0 Å². The first kappa shape index (κ1) is 10.9. The van der Waals surface area contributed by atoms with E-state index >= 15 is 0 Å². The molecule has 0 radical (unpaired) electrons. The normalized spacial score (nSPS) is 12.8. The van der Waals surface area contributed by atoms with Crippen LogP contribution in [0.2, 0.25) is 5.02 Å². The summed E-state index contributed by atoms with van der Waals surface area (Å²) in [5.41, 5.74) is 5.53. The lowest BCUT2D eigenvalue weighted by atomic mass is 10.2. The van der Waals surface area contributed by atoms with Gasteiger partial charge in [-0.2, -0.15) is 0 Å². The Balaban J connectivity index is 2.41. The van der Waals surface area contributed by atoms with E-state index in [4.69, 9.17) is 17.3 Å². The van der Waals surface area contributed by atoms with E-state index in [-0.39, 0.29) is 0 Å². The van der Waals surface area contributed by atoms with Crippen molar-refractivity contribution in [1.29, 1.82) is 0 Å². The summed E-state index contributed by atoms with van der Waals surface area (Å²) in [4.78, 5) is 1.25. The zero-order valence-corrected chi connectivity index (χ0v) is 9.24. The van der Waals surface area contributed by atoms with Gasteiger partial charge < -0.3 is 5.73 Å². The first-order valence-corrected chi connectivity index (χ1v) is 5.67. The smallest absolute Gasteiger partial charge is 0.0406 e. The standard InChI is InChI=1S/C10H14ClNS/c1-8(6-12)7-13-10-4-2-9(11)3-5-10/h2-5,8H,6-7,12H2,1H3/t8-/m0/s1. The average molecular weight is 216 g/mol. The van der Waals surface area contributed by atoms with E-state index < -0.39 is 0 Å². The van der Waals surface area contributed by atoms with Crippen molar-refractivity contribution in [2.45, 2.75) is 11.8 Å². The Morgan fingerprint density at radius 1 is 1.38 bits per heavy atom. The van der Waals surface area contributed by atoms with E-state index in [1.54, 1.807) is 0 Å². The summed E-state index contributed by atoms with van der Waals surface area (Å²) in [6, 6.07) is 7.90. The average Bonchev–Trinajstić information content (AvgIpc) is 2.16. The predicted octanol–water partition coefficient (Wildman–Crippen LogP) is 3.03. The van der Waals surface area contributed by atoms with Crippen LogP contribution in [0.5, 0.6) is 0 Å². The molecule has 0 aromatic heterocycles. The molecule has 0 saturated heterocycles. The van der Waals surface area contributed by atoms with Gasteiger partial charge in [-0.3, -0.25) is 0 Å². The summed E-state index contributed by atoms with van der Waals surface area (Å²) >= 11 is 7.60. The van der Waals surface area contributed by atoms with E-state index in [1.165, 1.54) is 4.90 Å². The van der Waals surface area contributed by atoms with Crippen LogP contribution in [-0.2, 0) is 0 Å². The van der Waals surface area contributed by atoms with Crippen molar-refractivity contribution in [3.05, 3.63) is 29.3 Å². The van der Waals surface area contributed by atoms with Crippen LogP contribution in [0.15, 0.2) is 29.2 Å². The molecule has 0 heterocycles. The lowest BCUT2D eigenvalue weighted by Gasteiger charge is -2.07. The van der Waals surface area contributed by atoms with Crippen molar-refractivity contribution in [2.24, 2.45) is 11.7 Å². The third-order valence-electron chi connectivity index (χ3n) is 1.75. The molecule has 1 aromatic rings. The lowest BCUT2D eigenvalue weighted by Crippen LogP contribution is -2.12. The van der Waals surface area contributed by atoms with Crippen LogP contribution >= 0.6 is 23.4 Å². The molecule has 1 atom stereocenters. The molecule has 0 saturated carbocycles. The highest BCUT2D eigenvalue weighted by atomic mass is 35.5. The molecule has 72 valence electrons. The van der Waals surface area contributed by atoms with Gasteiger partial charge >= 0.3 is 0 Å². The number of thioether (sulfide) groups is 1. The summed E-state index contributed by atoms with van der Waals surface area (Å²) in [6.07, 6.45) is 0. The van der Waals surface area contributed by atoms with E-state index in [2.05, 4.69) is 6.92 Å². The van der Waals surface area contributed by atoms with Crippen LogP contribution in [0.1, 0.15) is 6.92 Å². The molecule has 13 heavy (non-hydrogen) atoms. The molecule has 1 aromatic carbocycles. The first-order valence-electron chi connectivity index (χ1n) is 4.31. The Hall–Kier alpha value is -0.180. The number of rotatable bonds is 4. The van der Waals surface area contributed by atoms with Crippen molar-refractivity contribution < 1.29 is 0 Å². The highest BCUT2D eigenvalue weighted by Gasteiger charge is 2.00. The molecular weight excluding hydrogens is 202 g/mol. The fourth-order valence-corrected chi connectivity index (χ4v) is 1.90. The van der Waals surface area contributed by atoms with E-state index in [9.17, 15) is 0 Å². The van der Waals surface area contributed by atoms with Crippen molar-refractivity contribution in [3.8, 4) is 0 Å². The summed E-state index contributed by atoms with van der Waals surface area (Å²) < 4.78 is 0. The molecule has 0 unspecified atom stereocenters. The van der Waals surface area contributed by atoms with E-state index in [0.717, 1.165) is 17.3 Å². The minimum atomic E-state index is 0.570. The number of benzene rings is 1. The minimum Gasteiger partial charge on any atom is -0.330 e. The first-order chi connectivity index (χ1) is 6.22. The fraction of sp³-hybridized carbons (Fsp3) is 0.400. The highest BCUT2D eigenvalue weighted by Crippen LogP contribution is 2.21. The van der Waals surface area contributed by atoms with Crippen molar-refractivity contribution in [1.82, 2.24) is 0 Å². The topological polar surface area (TPSA) is 26.0 Å². The van der Waals surface area contributed by atoms with E-state index in [0.29, 0.717) is 5.92 Å². The Morgan fingerprint density at radius 2 is 2.00 bits per heavy atom. The maximum atomic E-state index is 5.77. The van der Waals surface area contributed by atoms with Gasteiger partial charge in [0, 0.05) is 15.7 Å². The van der Waals surface area contributed by atoms with Crippen molar-refractivity contribution in [3.63, 3.8) is 0 Å². The van der Waals surface area contributed by atoms with Gasteiger partial charge in [0.1, 0.15) is 0 Å². The largest absolute Gasteiger partial charge is 0.330 e. The molecule has 0 aliphatic rings. The summed E-state index contributed by atoms with van der Waals surface area (Å²) in [5.74, 6) is 1.64. The molecular formula is C10H14ClNS. The van der Waals surface area contributed by atoms with Crippen LogP contribution < -0.4 is 5.73 Å². The Bertz CT molecular complexity index is 248. The molecule has 0 aliphatic heterocycles. The van der Waals surface area contributed by atoms with Gasteiger partial charge in [0.15, 0.2) is 0 Å². The molecule has 3 heteroatoms. The number of hydrogen-bond acceptors (Lipinski definition) is 2. The van der Waals surface area contributed by atoms with E-state index in [1.807, 2.05) is 36.0 Å². The summed E-state index contributed by atoms with van der Waals surface area (Å²) in [7, 11) is 0. The second-order valence-electron chi connectivity index (χ2n) is 3.11. The minimum absolute atomic E-state index is 0.570. The summed E-state index contributed by atoms with van der Waals surface area (Å²) in [5, 5.41) is 0.788. The predicted molar refractivity (Wildman–Crippen MR) is 60.4 cm³/mol. The maximum Gasteiger partial charge on any atom is 0.0406 e. The van der Waals surface area contributed by atoms with Gasteiger partial charge in [-0.1, -0.05) is 18.5 Å². The monoisotopic (exact) mass is 215 g/mol. The number of hydrogen-bond donors (Lipinski definition) is 1. The quantitative estimate of drug-likeness (QED) is 0.782. The van der Waals surface area contributed by atoms with Crippen molar-refractivity contribution in [2.75, 3.05) is 12.3 Å². The maximum absolute atomic E-state index is 5.77. The Labute approximate surface area is 88.7 Å². The van der Waals surface area contributed by atoms with Gasteiger partial charge in [-0.15, -0.1) is 11.8 Å². The van der Waals surface area contributed by atoms with Crippen LogP contribution in [-0.4, -0.2) is 12.3 Å². The Kier molecular flexibility index (Phi) is 4.64. The van der Waals surface area contributed by atoms with Crippen LogP contribution in [0.4, 0.5) is 0 Å². The number of halogens is 1. The molecule has 1 rings (SSSR count). The highest BCUT2D eigenvalue weighted by molar-refractivity contribution is 7.99. The van der Waals surface area contributed by atoms with Gasteiger partial charge in [-0.05, 0) is 36.7 Å². The number of nitrogens with two attached hydrogens (primary N) is 1. The molecule has 0 fully saturated rings. The second-order valence-corrected chi connectivity index (χ2v) is 4.64. The molecule has 2 N–H and O–H groups in total. The lowest BCUT2D eigenvalue weighted by molar-refractivity contribution is 0.675. The van der Waals surface area contributed by atoms with Gasteiger partial charge in [0.2, 0.25) is 0 Å². The zero-order valence-electron chi connectivity index (χ0n) is 7.66. The molecule has 0 amide bonds. The molecule has 1 nitrogen and oxygen atoms in total. The van der Waals surface area contributed by atoms with Crippen LogP contribution in [0, 0.1) is 5.92 Å². The van der Waals surface area contributed by atoms with Crippen molar-refractivity contribution >= 4 is 23.4 Å². The molecule has 0 spiro atoms. The van der Waals surface area contributed by atoms with Gasteiger partial charge in [-0.25, -0.2) is 0 Å². The van der Waals surface area contributed by atoms with Crippen LogP contribution in [0.25, 0.3) is 0 Å². The fourth-order valence-electron chi connectivity index (χ4n) is 0.837. The van der Waals surface area contributed by atoms with Gasteiger partial charge in [0.25, 0.3) is 0 Å². The second kappa shape index (κ2) is 5.53. The zero-order chi connectivity index (χ0) is 9.68.